The topological polar surface area (TPSA) is 52.5 Å². The molecule has 5 aromatic carbocycles. The van der Waals surface area contributed by atoms with Gasteiger partial charge < -0.3 is 4.57 Å². The summed E-state index contributed by atoms with van der Waals surface area (Å²) < 4.78 is 2.31. The first-order chi connectivity index (χ1) is 18.9. The summed E-state index contributed by atoms with van der Waals surface area (Å²) in [7, 11) is 0. The van der Waals surface area contributed by atoms with Gasteiger partial charge in [0.1, 0.15) is 0 Å². The van der Waals surface area contributed by atoms with Crippen molar-refractivity contribution in [3.8, 4) is 40.1 Å². The van der Waals surface area contributed by atoms with Crippen LogP contribution in [0.25, 0.3) is 49.7 Å². The minimum Gasteiger partial charge on any atom is -0.309 e. The van der Waals surface area contributed by atoms with Crippen LogP contribution >= 0.6 is 0 Å². The third-order valence-corrected chi connectivity index (χ3v) is 8.11. The third-order valence-electron chi connectivity index (χ3n) is 8.11. The van der Waals surface area contributed by atoms with Crippen molar-refractivity contribution in [2.24, 2.45) is 0 Å². The van der Waals surface area contributed by atoms with Crippen LogP contribution in [-0.4, -0.2) is 4.57 Å². The molecule has 0 spiro atoms. The van der Waals surface area contributed by atoms with E-state index in [1.807, 2.05) is 42.5 Å². The molecule has 0 bridgehead atoms. The van der Waals surface area contributed by atoms with Crippen molar-refractivity contribution >= 4 is 21.8 Å². The molecule has 0 radical (unpaired) electrons. The van der Waals surface area contributed by atoms with Crippen molar-refractivity contribution < 1.29 is 0 Å². The molecule has 3 heteroatoms. The molecule has 39 heavy (non-hydrogen) atoms. The van der Waals surface area contributed by atoms with Crippen molar-refractivity contribution in [1.29, 1.82) is 10.5 Å². The Morgan fingerprint density at radius 1 is 0.513 bits per heavy atom. The lowest BCUT2D eigenvalue weighted by Gasteiger charge is -2.23. The molecule has 3 nitrogen and oxygen atoms in total. The molecule has 0 saturated heterocycles. The second-order valence-electron chi connectivity index (χ2n) is 10.2. The summed E-state index contributed by atoms with van der Waals surface area (Å²) in [6, 6.07) is 35.5. The molecule has 0 unspecified atom stereocenters. The van der Waals surface area contributed by atoms with E-state index >= 15 is 0 Å². The Balaban J connectivity index is 1.64. The van der Waals surface area contributed by atoms with Crippen molar-refractivity contribution in [2.45, 2.75) is 27.7 Å². The number of nitriles is 2. The Hall–Kier alpha value is -5.12. The van der Waals surface area contributed by atoms with Crippen LogP contribution in [0, 0.1) is 50.4 Å². The van der Waals surface area contributed by atoms with Crippen LogP contribution in [0.4, 0.5) is 0 Å². The summed E-state index contributed by atoms with van der Waals surface area (Å²) in [5, 5.41) is 21.1. The molecule has 0 aliphatic rings. The molecule has 1 aromatic heterocycles. The largest absolute Gasteiger partial charge is 0.309 e. The SMILES string of the molecule is Cc1c(C)c(-c2ccc(-c3ccccc3)cc2)c(C)c(-n2c3ccc(C#N)cc3c3cc(C#N)ccc32)c1C. The molecule has 0 aliphatic carbocycles. The number of hydrogen-bond acceptors (Lipinski definition) is 2. The van der Waals surface area contributed by atoms with Crippen LogP contribution in [0.1, 0.15) is 33.4 Å². The van der Waals surface area contributed by atoms with Gasteiger partial charge in [-0.2, -0.15) is 10.5 Å². The Morgan fingerprint density at radius 3 is 1.56 bits per heavy atom. The summed E-state index contributed by atoms with van der Waals surface area (Å²) in [5.74, 6) is 0. The van der Waals surface area contributed by atoms with Gasteiger partial charge >= 0.3 is 0 Å². The van der Waals surface area contributed by atoms with E-state index in [0.29, 0.717) is 11.1 Å². The van der Waals surface area contributed by atoms with E-state index in [1.165, 1.54) is 44.5 Å². The number of rotatable bonds is 3. The van der Waals surface area contributed by atoms with Crippen LogP contribution in [0.5, 0.6) is 0 Å². The quantitative estimate of drug-likeness (QED) is 0.243. The van der Waals surface area contributed by atoms with Crippen LogP contribution in [0.3, 0.4) is 0 Å². The summed E-state index contributed by atoms with van der Waals surface area (Å²) in [4.78, 5) is 0. The van der Waals surface area contributed by atoms with E-state index in [4.69, 9.17) is 0 Å². The number of aromatic nitrogens is 1. The number of benzene rings is 5. The number of fused-ring (bicyclic) bond motifs is 3. The van der Waals surface area contributed by atoms with Gasteiger partial charge in [-0.1, -0.05) is 54.6 Å². The van der Waals surface area contributed by atoms with Crippen molar-refractivity contribution in [3.05, 3.63) is 124 Å². The number of nitrogens with zero attached hydrogens (tertiary/aromatic N) is 3. The van der Waals surface area contributed by atoms with E-state index in [9.17, 15) is 10.5 Å². The highest BCUT2D eigenvalue weighted by molar-refractivity contribution is 6.10. The van der Waals surface area contributed by atoms with E-state index in [2.05, 4.69) is 92.9 Å². The molecule has 0 amide bonds. The average molecular weight is 502 g/mol. The van der Waals surface area contributed by atoms with Gasteiger partial charge in [-0.25, -0.2) is 0 Å². The molecular formula is C36H27N3. The highest BCUT2D eigenvalue weighted by Crippen LogP contribution is 2.41. The lowest BCUT2D eigenvalue weighted by molar-refractivity contribution is 1.09. The van der Waals surface area contributed by atoms with Crippen LogP contribution in [0.2, 0.25) is 0 Å². The Labute approximate surface area is 228 Å². The maximum atomic E-state index is 9.59. The van der Waals surface area contributed by atoms with Gasteiger partial charge in [-0.05, 0) is 109 Å². The molecule has 6 rings (SSSR count). The van der Waals surface area contributed by atoms with Gasteiger partial charge in [-0.3, -0.25) is 0 Å². The molecule has 0 aliphatic heterocycles. The molecule has 0 fully saturated rings. The van der Waals surface area contributed by atoms with E-state index in [-0.39, 0.29) is 0 Å². The molecule has 6 aromatic rings. The first kappa shape index (κ1) is 24.2. The Bertz CT molecular complexity index is 1920. The predicted octanol–water partition coefficient (Wildman–Crippen LogP) is 9.09. The third kappa shape index (κ3) is 3.80. The first-order valence-electron chi connectivity index (χ1n) is 13.1. The van der Waals surface area contributed by atoms with Crippen LogP contribution in [0.15, 0.2) is 91.0 Å². The standard InChI is InChI=1S/C36H27N3/c1-22-23(2)35(30-14-12-29(13-15-30)28-8-6-5-7-9-28)25(4)36(24(22)3)39-33-16-10-26(20-37)18-31(33)32-19-27(21-38)11-17-34(32)39/h5-19H,1-4H3. The normalized spacial score (nSPS) is 11.0. The van der Waals surface area contributed by atoms with Crippen LogP contribution in [-0.2, 0) is 0 Å². The monoisotopic (exact) mass is 501 g/mol. The van der Waals surface area contributed by atoms with Crippen molar-refractivity contribution in [1.82, 2.24) is 4.57 Å². The van der Waals surface area contributed by atoms with E-state index in [0.717, 1.165) is 27.5 Å². The smallest absolute Gasteiger partial charge is 0.0991 e. The fourth-order valence-electron chi connectivity index (χ4n) is 5.96. The summed E-state index contributed by atoms with van der Waals surface area (Å²) in [6.45, 7) is 8.81. The lowest BCUT2D eigenvalue weighted by atomic mass is 9.87. The molecule has 0 atom stereocenters. The summed E-state index contributed by atoms with van der Waals surface area (Å²) >= 11 is 0. The Kier molecular flexibility index (Phi) is 5.79. The average Bonchev–Trinajstić information content (AvgIpc) is 3.29. The predicted molar refractivity (Wildman–Crippen MR) is 160 cm³/mol. The zero-order valence-corrected chi connectivity index (χ0v) is 22.5. The fraction of sp³-hybridized carbons (Fsp3) is 0.111. The Morgan fingerprint density at radius 2 is 1.03 bits per heavy atom. The second-order valence-corrected chi connectivity index (χ2v) is 10.2. The molecular weight excluding hydrogens is 474 g/mol. The summed E-state index contributed by atoms with van der Waals surface area (Å²) in [5.41, 5.74) is 14.2. The molecule has 0 saturated carbocycles. The molecule has 1 heterocycles. The van der Waals surface area contributed by atoms with Gasteiger partial charge in [0, 0.05) is 10.8 Å². The van der Waals surface area contributed by atoms with Gasteiger partial charge in [0.2, 0.25) is 0 Å². The van der Waals surface area contributed by atoms with Crippen LogP contribution < -0.4 is 0 Å². The zero-order chi connectivity index (χ0) is 27.3. The maximum Gasteiger partial charge on any atom is 0.0991 e. The van der Waals surface area contributed by atoms with Gasteiger partial charge in [0.05, 0.1) is 40.0 Å². The lowest BCUT2D eigenvalue weighted by Crippen LogP contribution is -2.06. The minimum atomic E-state index is 0.608. The molecule has 0 N–H and O–H groups in total. The summed E-state index contributed by atoms with van der Waals surface area (Å²) in [6.07, 6.45) is 0. The van der Waals surface area contributed by atoms with Gasteiger partial charge in [0.15, 0.2) is 0 Å². The molecule has 186 valence electrons. The minimum absolute atomic E-state index is 0.608. The highest BCUT2D eigenvalue weighted by Gasteiger charge is 2.21. The van der Waals surface area contributed by atoms with Gasteiger partial charge in [-0.15, -0.1) is 0 Å². The second kappa shape index (κ2) is 9.32. The van der Waals surface area contributed by atoms with E-state index in [1.54, 1.807) is 0 Å². The number of hydrogen-bond donors (Lipinski definition) is 0. The zero-order valence-electron chi connectivity index (χ0n) is 22.5. The first-order valence-corrected chi connectivity index (χ1v) is 13.1. The highest BCUT2D eigenvalue weighted by atomic mass is 15.0. The van der Waals surface area contributed by atoms with Crippen molar-refractivity contribution in [2.75, 3.05) is 0 Å². The van der Waals surface area contributed by atoms with Crippen molar-refractivity contribution in [3.63, 3.8) is 0 Å². The fourth-order valence-corrected chi connectivity index (χ4v) is 5.96. The van der Waals surface area contributed by atoms with E-state index < -0.39 is 0 Å². The van der Waals surface area contributed by atoms with Gasteiger partial charge in [0.25, 0.3) is 0 Å². The maximum absolute atomic E-state index is 9.59.